The van der Waals surface area contributed by atoms with E-state index in [1.165, 1.54) is 66.2 Å². The van der Waals surface area contributed by atoms with Gasteiger partial charge in [0.1, 0.15) is 23.1 Å². The molecule has 2 heterocycles. The fourth-order valence-corrected chi connectivity index (χ4v) is 7.33. The third-order valence-electron chi connectivity index (χ3n) is 10.1. The van der Waals surface area contributed by atoms with E-state index in [1.807, 2.05) is 0 Å². The van der Waals surface area contributed by atoms with Gasteiger partial charge in [0.25, 0.3) is 5.91 Å². The van der Waals surface area contributed by atoms with Crippen molar-refractivity contribution < 1.29 is 59.0 Å². The van der Waals surface area contributed by atoms with Crippen molar-refractivity contribution in [2.24, 2.45) is 29.6 Å². The Morgan fingerprint density at radius 1 is 0.769 bits per heavy atom. The Kier molecular flexibility index (Phi) is 14.0. The van der Waals surface area contributed by atoms with E-state index in [9.17, 15) is 49.5 Å². The number of hydrogen-bond acceptors (Lipinski definition) is 13. The summed E-state index contributed by atoms with van der Waals surface area (Å²) in [6.07, 6.45) is 1.41. The first-order valence-corrected chi connectivity index (χ1v) is 18.0. The van der Waals surface area contributed by atoms with Crippen molar-refractivity contribution in [1.29, 1.82) is 0 Å². The van der Waals surface area contributed by atoms with E-state index >= 15 is 0 Å². The van der Waals surface area contributed by atoms with E-state index in [-0.39, 0.29) is 38.6 Å². The van der Waals surface area contributed by atoms with Gasteiger partial charge >= 0.3 is 5.97 Å². The Hall–Kier alpha value is -4.08. The van der Waals surface area contributed by atoms with Crippen LogP contribution >= 0.6 is 11.8 Å². The summed E-state index contributed by atoms with van der Waals surface area (Å²) < 4.78 is 10.4. The molecule has 14 heteroatoms. The number of thioether (sulfide) groups is 1. The Labute approximate surface area is 307 Å². The zero-order valence-corrected chi connectivity index (χ0v) is 31.8. The van der Waals surface area contributed by atoms with Crippen LogP contribution in [0.25, 0.3) is 0 Å². The van der Waals surface area contributed by atoms with Gasteiger partial charge in [0.2, 0.25) is 11.6 Å². The van der Waals surface area contributed by atoms with Crippen LogP contribution in [0.4, 0.5) is 0 Å². The fraction of sp³-hybridized carbons (Fsp3) is 0.500. The second kappa shape index (κ2) is 17.2. The number of benzene rings is 1. The third-order valence-corrected chi connectivity index (χ3v) is 10.9. The van der Waals surface area contributed by atoms with Crippen LogP contribution in [-0.2, 0) is 14.3 Å². The number of amides is 1. The number of ketones is 3. The van der Waals surface area contributed by atoms with Crippen LogP contribution in [-0.4, -0.2) is 99.7 Å². The SMILES string of the molecule is COC(=O)[C@H]1[C@@H](O)[C@H](C)[C@@H](O)[C@H](C)/C=C(\C)C(=O)c2c(OC)c(C)c(O)c3c2C(=O)C(SC)=C(NC(=O)/C(C)=C/C=C/[C@@H](C)[C@@H](O)[C@H](C)[C@@H]1O)C3=O. The number of fused-ring (bicyclic) bond motifs is 15. The molecule has 3 aliphatic rings. The summed E-state index contributed by atoms with van der Waals surface area (Å²) in [6, 6.07) is 0. The molecule has 4 bridgehead atoms. The van der Waals surface area contributed by atoms with Gasteiger partial charge in [-0.25, -0.2) is 0 Å². The monoisotopic (exact) mass is 743 g/mol. The van der Waals surface area contributed by atoms with Crippen LogP contribution < -0.4 is 10.1 Å². The molecule has 0 saturated heterocycles. The smallest absolute Gasteiger partial charge is 0.313 e. The number of carbonyl (C=O) groups is 5. The van der Waals surface area contributed by atoms with Gasteiger partial charge in [-0.15, -0.1) is 11.8 Å². The van der Waals surface area contributed by atoms with Crippen LogP contribution in [0.15, 0.2) is 46.1 Å². The number of aromatic hydroxyl groups is 1. The highest BCUT2D eigenvalue weighted by Crippen LogP contribution is 2.45. The maximum Gasteiger partial charge on any atom is 0.313 e. The van der Waals surface area contributed by atoms with Gasteiger partial charge in [-0.2, -0.15) is 0 Å². The molecular weight excluding hydrogens is 694 g/mol. The van der Waals surface area contributed by atoms with E-state index in [0.29, 0.717) is 0 Å². The first kappa shape index (κ1) is 42.3. The second-order valence-electron chi connectivity index (χ2n) is 13.5. The van der Waals surface area contributed by atoms with Gasteiger partial charge in [0, 0.05) is 34.8 Å². The molecule has 0 unspecified atom stereocenters. The highest BCUT2D eigenvalue weighted by atomic mass is 32.2. The molecule has 1 aliphatic carbocycles. The van der Waals surface area contributed by atoms with E-state index in [2.05, 4.69) is 5.32 Å². The Morgan fingerprint density at radius 3 is 1.85 bits per heavy atom. The quantitative estimate of drug-likeness (QED) is 0.246. The van der Waals surface area contributed by atoms with Crippen molar-refractivity contribution in [2.45, 2.75) is 72.9 Å². The molecule has 0 fully saturated rings. The number of rotatable bonds is 3. The van der Waals surface area contributed by atoms with Crippen LogP contribution in [0.3, 0.4) is 0 Å². The van der Waals surface area contributed by atoms with Crippen LogP contribution in [0.5, 0.6) is 11.5 Å². The van der Waals surface area contributed by atoms with Gasteiger partial charge in [-0.05, 0) is 32.6 Å². The maximum absolute atomic E-state index is 14.2. The minimum Gasteiger partial charge on any atom is -0.507 e. The first-order valence-electron chi connectivity index (χ1n) is 16.8. The standard InChI is InChI=1S/C38H49NO12S/c1-15-12-11-13-16(2)37(48)39-26-33(46)23-22(34(47)36(26)52-10)24(35(50-8)21(7)32(23)45)29(42)18(4)14-17(3)28(41)20(6)31(44)25(38(49)51-9)30(43)19(5)27(15)40/h11-15,17,19-20,25,27-28,30-31,40-41,43-45H,1-10H3,(H,39,48)/b12-11+,16-13+,18-14+/t15-,17-,19+,20-,25-,27-,28+,30+,31+/m1/s1. The zero-order valence-electron chi connectivity index (χ0n) is 31.0. The van der Waals surface area contributed by atoms with E-state index < -0.39 is 100 Å². The lowest BCUT2D eigenvalue weighted by molar-refractivity contribution is -0.164. The zero-order chi connectivity index (χ0) is 39.5. The van der Waals surface area contributed by atoms with Crippen molar-refractivity contribution in [3.05, 3.63) is 68.3 Å². The number of aliphatic hydroxyl groups excluding tert-OH is 4. The third kappa shape index (κ3) is 7.96. The van der Waals surface area contributed by atoms with Gasteiger partial charge in [-0.3, -0.25) is 24.0 Å². The molecule has 0 spiro atoms. The molecular formula is C38H49NO12S. The number of methoxy groups -OCH3 is 2. The lowest BCUT2D eigenvalue weighted by Crippen LogP contribution is -2.50. The first-order chi connectivity index (χ1) is 24.3. The predicted octanol–water partition coefficient (Wildman–Crippen LogP) is 3.20. The topological polar surface area (TPSA) is 217 Å². The van der Waals surface area contributed by atoms with Crippen molar-refractivity contribution in [3.8, 4) is 11.5 Å². The number of ether oxygens (including phenoxy) is 2. The molecule has 0 radical (unpaired) electrons. The van der Waals surface area contributed by atoms with Crippen molar-refractivity contribution in [2.75, 3.05) is 20.5 Å². The Morgan fingerprint density at radius 2 is 1.33 bits per heavy atom. The van der Waals surface area contributed by atoms with E-state index in [4.69, 9.17) is 9.47 Å². The maximum atomic E-state index is 14.2. The molecule has 284 valence electrons. The molecule has 52 heavy (non-hydrogen) atoms. The molecule has 0 aromatic heterocycles. The van der Waals surface area contributed by atoms with E-state index in [1.54, 1.807) is 19.9 Å². The normalized spacial score (nSPS) is 32.4. The average Bonchev–Trinajstić information content (AvgIpc) is 3.11. The van der Waals surface area contributed by atoms with Crippen molar-refractivity contribution in [3.63, 3.8) is 0 Å². The molecule has 0 saturated carbocycles. The summed E-state index contributed by atoms with van der Waals surface area (Å²) in [6.45, 7) is 10.4. The van der Waals surface area contributed by atoms with Gasteiger partial charge in [0.05, 0.1) is 60.2 Å². The highest BCUT2D eigenvalue weighted by molar-refractivity contribution is 8.03. The van der Waals surface area contributed by atoms with Gasteiger partial charge < -0.3 is 40.3 Å². The summed E-state index contributed by atoms with van der Waals surface area (Å²) in [4.78, 5) is 68.5. The molecule has 1 aromatic carbocycles. The number of hydrogen-bond donors (Lipinski definition) is 6. The fourth-order valence-electron chi connectivity index (χ4n) is 6.70. The number of Topliss-reactive ketones (excluding diaryl/α,β-unsaturated/α-hetero) is 3. The van der Waals surface area contributed by atoms with Crippen molar-refractivity contribution >= 4 is 41.0 Å². The number of esters is 1. The Bertz CT molecular complexity index is 1760. The Balaban J connectivity index is 2.34. The van der Waals surface area contributed by atoms with E-state index in [0.717, 1.165) is 18.9 Å². The second-order valence-corrected chi connectivity index (χ2v) is 14.3. The number of carbonyl (C=O) groups excluding carboxylic acids is 5. The number of nitrogens with one attached hydrogen (secondary N) is 1. The molecule has 2 aliphatic heterocycles. The van der Waals surface area contributed by atoms with Crippen molar-refractivity contribution in [1.82, 2.24) is 5.32 Å². The average molecular weight is 744 g/mol. The lowest BCUT2D eigenvalue weighted by atomic mass is 9.76. The number of aliphatic hydroxyl groups is 4. The lowest BCUT2D eigenvalue weighted by Gasteiger charge is -2.37. The van der Waals surface area contributed by atoms with Gasteiger partial charge in [-0.1, -0.05) is 52.0 Å². The van der Waals surface area contributed by atoms with Crippen LogP contribution in [0.1, 0.15) is 78.2 Å². The molecule has 1 aromatic rings. The number of phenols is 1. The molecule has 4 rings (SSSR count). The largest absolute Gasteiger partial charge is 0.507 e. The highest BCUT2D eigenvalue weighted by Gasteiger charge is 2.45. The minimum atomic E-state index is -1.67. The molecule has 1 amide bonds. The van der Waals surface area contributed by atoms with Crippen LogP contribution in [0.2, 0.25) is 0 Å². The summed E-state index contributed by atoms with van der Waals surface area (Å²) in [5.74, 6) is -10.1. The van der Waals surface area contributed by atoms with Crippen LogP contribution in [0, 0.1) is 36.5 Å². The summed E-state index contributed by atoms with van der Waals surface area (Å²) in [7, 11) is 2.32. The molecule has 13 nitrogen and oxygen atoms in total. The summed E-state index contributed by atoms with van der Waals surface area (Å²) >= 11 is 0.868. The summed E-state index contributed by atoms with van der Waals surface area (Å²) in [5, 5.41) is 59.0. The number of allylic oxidation sites excluding steroid dienone is 5. The minimum absolute atomic E-state index is 0.00802. The summed E-state index contributed by atoms with van der Waals surface area (Å²) in [5.41, 5.74) is -1.48. The molecule has 9 atom stereocenters. The van der Waals surface area contributed by atoms with Gasteiger partial charge in [0.15, 0.2) is 5.78 Å². The predicted molar refractivity (Wildman–Crippen MR) is 194 cm³/mol. The number of phenolic OH excluding ortho intramolecular Hbond substituents is 1. The molecule has 6 N–H and O–H groups in total.